The quantitative estimate of drug-likeness (QED) is 0.578. The summed E-state index contributed by atoms with van der Waals surface area (Å²) in [6.07, 6.45) is 0. The molecular weight excluding hydrogens is 255 g/mol. The van der Waals surface area contributed by atoms with Crippen LogP contribution in [0.4, 0.5) is 0 Å². The number of hydrogen-bond donors (Lipinski definition) is 0. The highest BCUT2D eigenvalue weighted by atomic mass is 35.5. The van der Waals surface area contributed by atoms with E-state index in [1.807, 2.05) is 36.4 Å². The van der Waals surface area contributed by atoms with Crippen molar-refractivity contribution in [3.05, 3.63) is 48.5 Å². The zero-order valence-corrected chi connectivity index (χ0v) is 9.48. The third-order valence-electron chi connectivity index (χ3n) is 2.14. The van der Waals surface area contributed by atoms with E-state index in [-0.39, 0.29) is 29.8 Å². The monoisotopic (exact) mass is 266 g/mol. The Balaban J connectivity index is 0.000000640. The summed E-state index contributed by atoms with van der Waals surface area (Å²) in [5.41, 5.74) is 0. The summed E-state index contributed by atoms with van der Waals surface area (Å²) in [5, 5.41) is 0. The standard InChI is InChI=1S/C12H8OS.Al.ClH.3H/c1-3-7-11-9(5-1)13-10-6-2-4-8-12(10)14-11;;;;;/h1-8H;;1H;;;. The number of rotatable bonds is 0. The van der Waals surface area contributed by atoms with Crippen LogP contribution in [0.1, 0.15) is 0 Å². The molecule has 0 unspecified atom stereocenters. The molecule has 0 aliphatic carbocycles. The second kappa shape index (κ2) is 5.65. The summed E-state index contributed by atoms with van der Waals surface area (Å²) < 4.78 is 5.76. The van der Waals surface area contributed by atoms with Crippen molar-refractivity contribution >= 4 is 41.5 Å². The van der Waals surface area contributed by atoms with Crippen LogP contribution in [0.25, 0.3) is 0 Å². The fourth-order valence-corrected chi connectivity index (χ4v) is 2.43. The molecule has 0 radical (unpaired) electrons. The van der Waals surface area contributed by atoms with E-state index in [4.69, 9.17) is 4.74 Å². The van der Waals surface area contributed by atoms with Crippen molar-refractivity contribution in [2.75, 3.05) is 0 Å². The molecule has 0 atom stereocenters. The lowest BCUT2D eigenvalue weighted by atomic mass is 10.3. The summed E-state index contributed by atoms with van der Waals surface area (Å²) in [5.74, 6) is 1.91. The molecule has 0 amide bonds. The Bertz CT molecular complexity index is 402. The van der Waals surface area contributed by atoms with Gasteiger partial charge in [-0.1, -0.05) is 36.0 Å². The molecule has 2 aromatic rings. The van der Waals surface area contributed by atoms with Crippen LogP contribution >= 0.6 is 24.2 Å². The lowest BCUT2D eigenvalue weighted by Gasteiger charge is -2.18. The summed E-state index contributed by atoms with van der Waals surface area (Å²) in [6.45, 7) is 0. The summed E-state index contributed by atoms with van der Waals surface area (Å²) in [6, 6.07) is 16.2. The van der Waals surface area contributed by atoms with Crippen molar-refractivity contribution < 1.29 is 4.74 Å². The fraction of sp³-hybridized carbons (Fsp3) is 0. The number of ether oxygens (including phenoxy) is 1. The average molecular weight is 267 g/mol. The molecule has 0 fully saturated rings. The molecule has 0 aromatic heterocycles. The molecule has 16 heavy (non-hydrogen) atoms. The van der Waals surface area contributed by atoms with Gasteiger partial charge in [0.05, 0.1) is 9.79 Å². The van der Waals surface area contributed by atoms with Gasteiger partial charge in [0.1, 0.15) is 11.5 Å². The van der Waals surface area contributed by atoms with Gasteiger partial charge in [0.2, 0.25) is 0 Å². The first-order valence-electron chi connectivity index (χ1n) is 4.47. The maximum Gasteiger partial charge on any atom is 0.187 e. The largest absolute Gasteiger partial charge is 0.455 e. The van der Waals surface area contributed by atoms with E-state index < -0.39 is 0 Å². The molecule has 4 heteroatoms. The molecule has 3 rings (SSSR count). The first-order chi connectivity index (χ1) is 6.93. The molecule has 82 valence electrons. The topological polar surface area (TPSA) is 9.23 Å². The summed E-state index contributed by atoms with van der Waals surface area (Å²) in [7, 11) is 0. The van der Waals surface area contributed by atoms with E-state index in [0.29, 0.717) is 0 Å². The number of hydrogen-bond acceptors (Lipinski definition) is 2. The third-order valence-corrected chi connectivity index (χ3v) is 3.25. The van der Waals surface area contributed by atoms with Gasteiger partial charge in [-0.3, -0.25) is 0 Å². The smallest absolute Gasteiger partial charge is 0.187 e. The SMILES string of the molecule is Cl.[AlH3].c1ccc2c(c1)Oc1ccccc1S2. The minimum atomic E-state index is 0. The van der Waals surface area contributed by atoms with Crippen molar-refractivity contribution in [3.8, 4) is 11.5 Å². The molecule has 0 saturated carbocycles. The Kier molecular flexibility index (Phi) is 4.76. The number of benzene rings is 2. The van der Waals surface area contributed by atoms with Crippen LogP contribution in [-0.2, 0) is 0 Å². The van der Waals surface area contributed by atoms with E-state index in [2.05, 4.69) is 12.1 Å². The first kappa shape index (κ1) is 13.5. The Morgan fingerprint density at radius 1 is 0.750 bits per heavy atom. The highest BCUT2D eigenvalue weighted by molar-refractivity contribution is 7.99. The minimum Gasteiger partial charge on any atom is -0.455 e. The third kappa shape index (κ3) is 2.39. The molecular formula is C12H12AlClOS. The van der Waals surface area contributed by atoms with Crippen LogP contribution in [0.2, 0.25) is 0 Å². The predicted molar refractivity (Wildman–Crippen MR) is 74.3 cm³/mol. The molecule has 1 aliphatic rings. The molecule has 1 nitrogen and oxygen atoms in total. The van der Waals surface area contributed by atoms with Crippen LogP contribution < -0.4 is 4.74 Å². The van der Waals surface area contributed by atoms with Gasteiger partial charge in [-0.05, 0) is 24.3 Å². The number of halogens is 1. The van der Waals surface area contributed by atoms with E-state index >= 15 is 0 Å². The Morgan fingerprint density at radius 2 is 1.19 bits per heavy atom. The predicted octanol–water partition coefficient (Wildman–Crippen LogP) is 3.18. The van der Waals surface area contributed by atoms with Gasteiger partial charge in [0.15, 0.2) is 17.4 Å². The van der Waals surface area contributed by atoms with Gasteiger partial charge in [0, 0.05) is 0 Å². The first-order valence-corrected chi connectivity index (χ1v) is 5.29. The van der Waals surface area contributed by atoms with E-state index in [0.717, 1.165) is 11.5 Å². The van der Waals surface area contributed by atoms with Gasteiger partial charge in [-0.25, -0.2) is 0 Å². The molecule has 0 N–H and O–H groups in total. The molecule has 0 bridgehead atoms. The van der Waals surface area contributed by atoms with Gasteiger partial charge in [-0.15, -0.1) is 12.4 Å². The lowest BCUT2D eigenvalue weighted by Crippen LogP contribution is -1.93. The van der Waals surface area contributed by atoms with E-state index in [1.165, 1.54) is 9.79 Å². The Hall–Kier alpha value is -0.588. The van der Waals surface area contributed by atoms with Crippen molar-refractivity contribution in [1.82, 2.24) is 0 Å². The second-order valence-corrected chi connectivity index (χ2v) is 4.18. The zero-order valence-electron chi connectivity index (χ0n) is 7.84. The van der Waals surface area contributed by atoms with E-state index in [1.54, 1.807) is 11.8 Å². The molecule has 0 saturated heterocycles. The maximum absolute atomic E-state index is 5.76. The zero-order chi connectivity index (χ0) is 9.38. The number of fused-ring (bicyclic) bond motifs is 2. The summed E-state index contributed by atoms with van der Waals surface area (Å²) in [4.78, 5) is 2.37. The Morgan fingerprint density at radius 3 is 1.69 bits per heavy atom. The van der Waals surface area contributed by atoms with Crippen molar-refractivity contribution in [2.24, 2.45) is 0 Å². The van der Waals surface area contributed by atoms with Crippen LogP contribution in [0, 0.1) is 0 Å². The molecule has 1 heterocycles. The fourth-order valence-electron chi connectivity index (χ4n) is 1.47. The average Bonchev–Trinajstić information content (AvgIpc) is 2.26. The van der Waals surface area contributed by atoms with Crippen LogP contribution in [-0.4, -0.2) is 17.4 Å². The minimum absolute atomic E-state index is 0. The van der Waals surface area contributed by atoms with Gasteiger partial charge in [-0.2, -0.15) is 0 Å². The van der Waals surface area contributed by atoms with Crippen molar-refractivity contribution in [1.29, 1.82) is 0 Å². The van der Waals surface area contributed by atoms with Crippen LogP contribution in [0.5, 0.6) is 11.5 Å². The van der Waals surface area contributed by atoms with Crippen molar-refractivity contribution in [2.45, 2.75) is 9.79 Å². The molecule has 0 spiro atoms. The van der Waals surface area contributed by atoms with Crippen LogP contribution in [0.15, 0.2) is 58.3 Å². The second-order valence-electron chi connectivity index (χ2n) is 3.10. The lowest BCUT2D eigenvalue weighted by molar-refractivity contribution is 0.454. The molecule has 1 aliphatic heterocycles. The van der Waals surface area contributed by atoms with Gasteiger partial charge in [0.25, 0.3) is 0 Å². The number of para-hydroxylation sites is 2. The maximum atomic E-state index is 5.76. The van der Waals surface area contributed by atoms with E-state index in [9.17, 15) is 0 Å². The molecule has 2 aromatic carbocycles. The van der Waals surface area contributed by atoms with Gasteiger partial charge < -0.3 is 4.74 Å². The van der Waals surface area contributed by atoms with Crippen molar-refractivity contribution in [3.63, 3.8) is 0 Å². The van der Waals surface area contributed by atoms with Crippen LogP contribution in [0.3, 0.4) is 0 Å². The highest BCUT2D eigenvalue weighted by Gasteiger charge is 2.15. The normalized spacial score (nSPS) is 11.0. The summed E-state index contributed by atoms with van der Waals surface area (Å²) >= 11 is 1.76. The Labute approximate surface area is 116 Å². The van der Waals surface area contributed by atoms with Gasteiger partial charge >= 0.3 is 0 Å². The highest BCUT2D eigenvalue weighted by Crippen LogP contribution is 2.46.